The summed E-state index contributed by atoms with van der Waals surface area (Å²) in [7, 11) is 0. The Morgan fingerprint density at radius 2 is 2.12 bits per heavy atom. The number of rotatable bonds is 2. The van der Waals surface area contributed by atoms with Crippen molar-refractivity contribution in [3.63, 3.8) is 0 Å². The largest absolute Gasteiger partial charge is 0.428 e. The quantitative estimate of drug-likeness (QED) is 0.522. The Balaban J connectivity index is 2.64. The van der Waals surface area contributed by atoms with Crippen molar-refractivity contribution in [3.8, 4) is 0 Å². The van der Waals surface area contributed by atoms with Crippen LogP contribution in [0.25, 0.3) is 0 Å². The second kappa shape index (κ2) is 6.83. The smallest absolute Gasteiger partial charge is 0.338 e. The minimum Gasteiger partial charge on any atom is -0.428 e. The van der Waals surface area contributed by atoms with Gasteiger partial charge in [0.25, 0.3) is 0 Å². The van der Waals surface area contributed by atoms with Gasteiger partial charge in [0.2, 0.25) is 0 Å². The fraction of sp³-hybridized carbons (Fsp3) is 0.357. The summed E-state index contributed by atoms with van der Waals surface area (Å²) in [5.74, 6) is 0.381. The van der Waals surface area contributed by atoms with Crippen molar-refractivity contribution in [2.24, 2.45) is 0 Å². The molecule has 0 atom stereocenters. The number of carbonyl (C=O) groups is 1. The van der Waals surface area contributed by atoms with Crippen LogP contribution in [0, 0.1) is 0 Å². The Bertz CT molecular complexity index is 346. The van der Waals surface area contributed by atoms with Crippen LogP contribution in [0.1, 0.15) is 32.6 Å². The molecule has 0 aromatic rings. The van der Waals surface area contributed by atoms with E-state index in [0.717, 1.165) is 31.4 Å². The Morgan fingerprint density at radius 1 is 1.31 bits per heavy atom. The van der Waals surface area contributed by atoms with E-state index in [1.807, 2.05) is 24.3 Å². The molecule has 1 aliphatic rings. The maximum atomic E-state index is 11.4. The van der Waals surface area contributed by atoms with E-state index in [4.69, 9.17) is 4.74 Å². The summed E-state index contributed by atoms with van der Waals surface area (Å²) in [5.41, 5.74) is 0.432. The molecule has 0 saturated carbocycles. The van der Waals surface area contributed by atoms with Crippen molar-refractivity contribution in [1.82, 2.24) is 0 Å². The highest BCUT2D eigenvalue weighted by molar-refractivity contribution is 5.87. The van der Waals surface area contributed by atoms with Gasteiger partial charge in [-0.05, 0) is 32.3 Å². The van der Waals surface area contributed by atoms with Gasteiger partial charge in [0.1, 0.15) is 5.76 Å². The molecule has 0 heterocycles. The van der Waals surface area contributed by atoms with Gasteiger partial charge in [-0.25, -0.2) is 4.79 Å². The lowest BCUT2D eigenvalue weighted by atomic mass is 10.1. The average Bonchev–Trinajstić information content (AvgIpc) is 2.27. The molecule has 0 spiro atoms. The predicted molar refractivity (Wildman–Crippen MR) is 65.7 cm³/mol. The van der Waals surface area contributed by atoms with Gasteiger partial charge >= 0.3 is 5.97 Å². The lowest BCUT2D eigenvalue weighted by molar-refractivity contribution is -0.135. The summed E-state index contributed by atoms with van der Waals surface area (Å²) in [6.07, 6.45) is 13.9. The van der Waals surface area contributed by atoms with Gasteiger partial charge in [-0.1, -0.05) is 30.9 Å². The van der Waals surface area contributed by atoms with Crippen molar-refractivity contribution < 1.29 is 9.53 Å². The normalized spacial score (nSPS) is 23.7. The molecule has 2 heteroatoms. The molecule has 1 rings (SSSR count). The summed E-state index contributed by atoms with van der Waals surface area (Å²) in [5, 5.41) is 0. The number of carbonyl (C=O) groups excluding carboxylic acids is 1. The second-order valence-corrected chi connectivity index (χ2v) is 3.86. The van der Waals surface area contributed by atoms with Gasteiger partial charge < -0.3 is 4.74 Å². The molecule has 0 amide bonds. The Kier molecular flexibility index (Phi) is 5.34. The molecule has 2 nitrogen and oxygen atoms in total. The van der Waals surface area contributed by atoms with E-state index in [1.54, 1.807) is 6.92 Å². The SMILES string of the molecule is C=C(C)C(=O)O/C1=C/C=C/C=C/CCCC1. The van der Waals surface area contributed by atoms with Gasteiger partial charge in [-0.3, -0.25) is 0 Å². The molecular formula is C14H18O2. The summed E-state index contributed by atoms with van der Waals surface area (Å²) in [4.78, 5) is 11.4. The zero-order chi connectivity index (χ0) is 11.8. The van der Waals surface area contributed by atoms with Crippen LogP contribution in [0.4, 0.5) is 0 Å². The van der Waals surface area contributed by atoms with Crippen molar-refractivity contribution in [1.29, 1.82) is 0 Å². The van der Waals surface area contributed by atoms with Crippen LogP contribution in [0.3, 0.4) is 0 Å². The lowest BCUT2D eigenvalue weighted by Gasteiger charge is -2.08. The lowest BCUT2D eigenvalue weighted by Crippen LogP contribution is -2.05. The van der Waals surface area contributed by atoms with Crippen LogP contribution in [-0.4, -0.2) is 5.97 Å². The van der Waals surface area contributed by atoms with E-state index in [2.05, 4.69) is 12.7 Å². The Labute approximate surface area is 97.0 Å². The molecule has 0 aromatic heterocycles. The number of esters is 1. The maximum Gasteiger partial charge on any atom is 0.338 e. The number of ether oxygens (including phenoxy) is 1. The third kappa shape index (κ3) is 4.78. The fourth-order valence-corrected chi connectivity index (χ4v) is 1.34. The minimum absolute atomic E-state index is 0.341. The number of hydrogen-bond donors (Lipinski definition) is 0. The minimum atomic E-state index is -0.341. The van der Waals surface area contributed by atoms with E-state index in [-0.39, 0.29) is 5.97 Å². The van der Waals surface area contributed by atoms with E-state index in [0.29, 0.717) is 5.57 Å². The third-order valence-corrected chi connectivity index (χ3v) is 2.26. The highest BCUT2D eigenvalue weighted by atomic mass is 16.5. The highest BCUT2D eigenvalue weighted by Crippen LogP contribution is 2.14. The summed E-state index contributed by atoms with van der Waals surface area (Å²) >= 11 is 0. The third-order valence-electron chi connectivity index (χ3n) is 2.26. The van der Waals surface area contributed by atoms with Gasteiger partial charge in [0.05, 0.1) is 0 Å². The predicted octanol–water partition coefficient (Wildman–Crippen LogP) is 3.68. The molecule has 0 N–H and O–H groups in total. The highest BCUT2D eigenvalue weighted by Gasteiger charge is 2.07. The first-order valence-electron chi connectivity index (χ1n) is 5.60. The molecule has 0 bridgehead atoms. The zero-order valence-electron chi connectivity index (χ0n) is 9.74. The van der Waals surface area contributed by atoms with Gasteiger partial charge in [0.15, 0.2) is 0 Å². The Morgan fingerprint density at radius 3 is 2.88 bits per heavy atom. The number of hydrogen-bond acceptors (Lipinski definition) is 2. The van der Waals surface area contributed by atoms with E-state index in [9.17, 15) is 4.79 Å². The van der Waals surface area contributed by atoms with Gasteiger partial charge in [-0.2, -0.15) is 0 Å². The zero-order valence-corrected chi connectivity index (χ0v) is 9.74. The Hall–Kier alpha value is -1.57. The first-order valence-corrected chi connectivity index (χ1v) is 5.60. The molecule has 86 valence electrons. The summed E-state index contributed by atoms with van der Waals surface area (Å²) < 4.78 is 5.23. The molecule has 0 radical (unpaired) electrons. The van der Waals surface area contributed by atoms with Crippen LogP contribution >= 0.6 is 0 Å². The standard InChI is InChI=1S/C14H18O2/c1-12(2)14(15)16-13-10-8-6-4-3-5-7-9-11-13/h3-4,6,8,10H,1,5,7,9,11H2,2H3/b4-3+,8-6+,13-10+. The van der Waals surface area contributed by atoms with Gasteiger partial charge in [0, 0.05) is 12.0 Å². The topological polar surface area (TPSA) is 26.3 Å². The molecule has 0 saturated heterocycles. The van der Waals surface area contributed by atoms with Crippen LogP contribution in [0.5, 0.6) is 0 Å². The molecule has 0 unspecified atom stereocenters. The van der Waals surface area contributed by atoms with Crippen molar-refractivity contribution in [3.05, 3.63) is 48.3 Å². The average molecular weight is 218 g/mol. The molecule has 0 fully saturated rings. The van der Waals surface area contributed by atoms with Crippen molar-refractivity contribution in [2.45, 2.75) is 32.6 Å². The molecule has 0 aliphatic heterocycles. The molecule has 16 heavy (non-hydrogen) atoms. The van der Waals surface area contributed by atoms with Crippen LogP contribution < -0.4 is 0 Å². The van der Waals surface area contributed by atoms with E-state index >= 15 is 0 Å². The van der Waals surface area contributed by atoms with Crippen molar-refractivity contribution in [2.75, 3.05) is 0 Å². The van der Waals surface area contributed by atoms with Crippen molar-refractivity contribution >= 4 is 5.97 Å². The summed E-state index contributed by atoms with van der Waals surface area (Å²) in [6, 6.07) is 0. The summed E-state index contributed by atoms with van der Waals surface area (Å²) in [6.45, 7) is 5.22. The molecule has 0 aromatic carbocycles. The maximum absolute atomic E-state index is 11.4. The number of allylic oxidation sites excluding steroid dienone is 6. The molecule has 1 aliphatic carbocycles. The van der Waals surface area contributed by atoms with E-state index in [1.165, 1.54) is 0 Å². The fourth-order valence-electron chi connectivity index (χ4n) is 1.34. The molecular weight excluding hydrogens is 200 g/mol. The van der Waals surface area contributed by atoms with Crippen LogP contribution in [0.2, 0.25) is 0 Å². The van der Waals surface area contributed by atoms with Gasteiger partial charge in [-0.15, -0.1) is 0 Å². The first-order chi connectivity index (χ1) is 7.70. The monoisotopic (exact) mass is 218 g/mol. The van der Waals surface area contributed by atoms with Crippen LogP contribution in [-0.2, 0) is 9.53 Å². The van der Waals surface area contributed by atoms with Crippen LogP contribution in [0.15, 0.2) is 48.3 Å². The first kappa shape index (κ1) is 12.5. The van der Waals surface area contributed by atoms with E-state index < -0.39 is 0 Å². The second-order valence-electron chi connectivity index (χ2n) is 3.86.